The molecule has 0 fully saturated rings. The van der Waals surface area contributed by atoms with E-state index in [1.807, 2.05) is 0 Å². The Bertz CT molecular complexity index is 479. The molecule has 0 radical (unpaired) electrons. The van der Waals surface area contributed by atoms with Gasteiger partial charge in [0, 0.05) is 0 Å². The monoisotopic (exact) mass is 278 g/mol. The Morgan fingerprint density at radius 2 is 1.75 bits per heavy atom. The van der Waals surface area contributed by atoms with Gasteiger partial charge in [-0.15, -0.1) is 0 Å². The molecule has 4 heteroatoms. The quantitative estimate of drug-likeness (QED) is 0.757. The zero-order valence-corrected chi connectivity index (χ0v) is 12.1. The van der Waals surface area contributed by atoms with Crippen molar-refractivity contribution in [3.63, 3.8) is 0 Å². The lowest BCUT2D eigenvalue weighted by molar-refractivity contribution is 0.0651. The summed E-state index contributed by atoms with van der Waals surface area (Å²) in [6.45, 7) is 4.28. The Morgan fingerprint density at radius 1 is 1.10 bits per heavy atom. The smallest absolute Gasteiger partial charge is 0.336 e. The third kappa shape index (κ3) is 4.37. The number of rotatable bonds is 8. The molecule has 4 nitrogen and oxygen atoms in total. The third-order valence-corrected chi connectivity index (χ3v) is 3.61. The zero-order chi connectivity index (χ0) is 15.1. The van der Waals surface area contributed by atoms with Crippen molar-refractivity contribution in [1.82, 2.24) is 0 Å². The molecule has 1 rings (SSSR count). The molecule has 0 aromatic heterocycles. The summed E-state index contributed by atoms with van der Waals surface area (Å²) in [5, 5.41) is 18.1. The van der Waals surface area contributed by atoms with Crippen LogP contribution in [0.15, 0.2) is 18.2 Å². The summed E-state index contributed by atoms with van der Waals surface area (Å²) in [5.41, 5.74) is 0.624. The van der Waals surface area contributed by atoms with Gasteiger partial charge in [-0.05, 0) is 30.0 Å². The van der Waals surface area contributed by atoms with E-state index in [9.17, 15) is 9.59 Å². The molecule has 1 atom stereocenters. The van der Waals surface area contributed by atoms with Crippen molar-refractivity contribution in [3.05, 3.63) is 34.9 Å². The van der Waals surface area contributed by atoms with Crippen LogP contribution in [0.25, 0.3) is 0 Å². The fourth-order valence-electron chi connectivity index (χ4n) is 2.36. The molecule has 0 bridgehead atoms. The van der Waals surface area contributed by atoms with Gasteiger partial charge in [-0.25, -0.2) is 9.59 Å². The fourth-order valence-corrected chi connectivity index (χ4v) is 2.36. The lowest BCUT2D eigenvalue weighted by atomic mass is 9.90. The Morgan fingerprint density at radius 3 is 2.25 bits per heavy atom. The first-order chi connectivity index (χ1) is 9.49. The van der Waals surface area contributed by atoms with Crippen LogP contribution in [0.5, 0.6) is 0 Å². The first-order valence-corrected chi connectivity index (χ1v) is 7.09. The second kappa shape index (κ2) is 7.68. The highest BCUT2D eigenvalue weighted by atomic mass is 16.4. The largest absolute Gasteiger partial charge is 0.478 e. The molecule has 20 heavy (non-hydrogen) atoms. The Labute approximate surface area is 119 Å². The van der Waals surface area contributed by atoms with Gasteiger partial charge in [0.1, 0.15) is 0 Å². The summed E-state index contributed by atoms with van der Waals surface area (Å²) in [7, 11) is 0. The maximum absolute atomic E-state index is 11.1. The summed E-state index contributed by atoms with van der Waals surface area (Å²) in [4.78, 5) is 22.1. The number of carboxylic acids is 2. The van der Waals surface area contributed by atoms with Crippen molar-refractivity contribution in [2.75, 3.05) is 0 Å². The second-order valence-corrected chi connectivity index (χ2v) is 5.11. The number of carbonyl (C=O) groups is 2. The van der Waals surface area contributed by atoms with Gasteiger partial charge in [-0.2, -0.15) is 0 Å². The molecule has 2 N–H and O–H groups in total. The molecular weight excluding hydrogens is 256 g/mol. The molecule has 0 spiro atoms. The van der Waals surface area contributed by atoms with E-state index in [1.54, 1.807) is 6.07 Å². The van der Waals surface area contributed by atoms with E-state index >= 15 is 0 Å². The van der Waals surface area contributed by atoms with Crippen LogP contribution in [0.2, 0.25) is 0 Å². The molecule has 0 saturated heterocycles. The first kappa shape index (κ1) is 16.2. The topological polar surface area (TPSA) is 74.6 Å². The highest BCUT2D eigenvalue weighted by Gasteiger charge is 2.17. The molecule has 1 aromatic carbocycles. The summed E-state index contributed by atoms with van der Waals surface area (Å²) in [6.07, 6.45) is 5.28. The number of unbranched alkanes of at least 4 members (excludes halogenated alkanes) is 1. The summed E-state index contributed by atoms with van der Waals surface area (Å²) in [6, 6.07) is 4.62. The molecule has 0 aliphatic heterocycles. The standard InChI is InChI=1S/C16H22O4/c1-3-5-6-11(4-2)9-12-7-8-13(15(17)18)14(10-12)16(19)20/h7-8,10-11H,3-6,9H2,1-2H3,(H,17,18)(H,19,20). The van der Waals surface area contributed by atoms with Crippen LogP contribution >= 0.6 is 0 Å². The average Bonchev–Trinajstić information content (AvgIpc) is 2.42. The number of carboxylic acid groups (broad SMARTS) is 2. The third-order valence-electron chi connectivity index (χ3n) is 3.61. The van der Waals surface area contributed by atoms with Crippen molar-refractivity contribution >= 4 is 11.9 Å². The van der Waals surface area contributed by atoms with Crippen molar-refractivity contribution in [2.45, 2.75) is 46.0 Å². The summed E-state index contributed by atoms with van der Waals surface area (Å²) < 4.78 is 0. The highest BCUT2D eigenvalue weighted by Crippen LogP contribution is 2.21. The molecular formula is C16H22O4. The molecule has 0 aliphatic rings. The van der Waals surface area contributed by atoms with Crippen LogP contribution in [0.3, 0.4) is 0 Å². The van der Waals surface area contributed by atoms with Crippen molar-refractivity contribution in [1.29, 1.82) is 0 Å². The normalized spacial score (nSPS) is 12.1. The molecule has 0 saturated carbocycles. The van der Waals surface area contributed by atoms with E-state index in [4.69, 9.17) is 10.2 Å². The van der Waals surface area contributed by atoms with Crippen LogP contribution in [-0.2, 0) is 6.42 Å². The Hall–Kier alpha value is -1.84. The van der Waals surface area contributed by atoms with Crippen molar-refractivity contribution in [3.8, 4) is 0 Å². The summed E-state index contributed by atoms with van der Waals surface area (Å²) >= 11 is 0. The number of hydrogen-bond acceptors (Lipinski definition) is 2. The molecule has 0 amide bonds. The van der Waals surface area contributed by atoms with Crippen LogP contribution in [0.4, 0.5) is 0 Å². The average molecular weight is 278 g/mol. The number of benzene rings is 1. The van der Waals surface area contributed by atoms with Crippen LogP contribution in [-0.4, -0.2) is 22.2 Å². The van der Waals surface area contributed by atoms with Crippen molar-refractivity contribution in [2.24, 2.45) is 5.92 Å². The van der Waals surface area contributed by atoms with Crippen LogP contribution < -0.4 is 0 Å². The first-order valence-electron chi connectivity index (χ1n) is 7.09. The van der Waals surface area contributed by atoms with E-state index in [-0.39, 0.29) is 11.1 Å². The second-order valence-electron chi connectivity index (χ2n) is 5.11. The van der Waals surface area contributed by atoms with E-state index in [0.29, 0.717) is 5.92 Å². The van der Waals surface area contributed by atoms with Gasteiger partial charge in [0.25, 0.3) is 0 Å². The summed E-state index contributed by atoms with van der Waals surface area (Å²) in [5.74, 6) is -1.87. The van der Waals surface area contributed by atoms with E-state index in [2.05, 4.69) is 13.8 Å². The van der Waals surface area contributed by atoms with Gasteiger partial charge in [-0.3, -0.25) is 0 Å². The molecule has 1 unspecified atom stereocenters. The SMILES string of the molecule is CCCCC(CC)Cc1ccc(C(=O)O)c(C(=O)O)c1. The molecule has 110 valence electrons. The maximum atomic E-state index is 11.1. The highest BCUT2D eigenvalue weighted by molar-refractivity contribution is 6.01. The lowest BCUT2D eigenvalue weighted by Crippen LogP contribution is -2.10. The minimum atomic E-state index is -1.20. The van der Waals surface area contributed by atoms with Crippen LogP contribution in [0.1, 0.15) is 65.8 Å². The lowest BCUT2D eigenvalue weighted by Gasteiger charge is -2.15. The predicted octanol–water partition coefficient (Wildman–Crippen LogP) is 3.84. The number of hydrogen-bond donors (Lipinski definition) is 2. The predicted molar refractivity (Wildman–Crippen MR) is 77.4 cm³/mol. The van der Waals surface area contributed by atoms with Gasteiger partial charge >= 0.3 is 11.9 Å². The molecule has 0 heterocycles. The fraction of sp³-hybridized carbons (Fsp3) is 0.500. The van der Waals surface area contributed by atoms with Gasteiger partial charge in [0.05, 0.1) is 11.1 Å². The van der Waals surface area contributed by atoms with Gasteiger partial charge in [-0.1, -0.05) is 45.6 Å². The molecule has 1 aromatic rings. The van der Waals surface area contributed by atoms with E-state index in [1.165, 1.54) is 12.1 Å². The zero-order valence-electron chi connectivity index (χ0n) is 12.1. The van der Waals surface area contributed by atoms with Gasteiger partial charge in [0.15, 0.2) is 0 Å². The maximum Gasteiger partial charge on any atom is 0.336 e. The Balaban J connectivity index is 2.94. The van der Waals surface area contributed by atoms with Crippen LogP contribution in [0, 0.1) is 5.92 Å². The van der Waals surface area contributed by atoms with Gasteiger partial charge in [0.2, 0.25) is 0 Å². The Kier molecular flexibility index (Phi) is 6.22. The minimum absolute atomic E-state index is 0.125. The minimum Gasteiger partial charge on any atom is -0.478 e. The van der Waals surface area contributed by atoms with Gasteiger partial charge < -0.3 is 10.2 Å². The van der Waals surface area contributed by atoms with Crippen molar-refractivity contribution < 1.29 is 19.8 Å². The molecule has 0 aliphatic carbocycles. The number of aromatic carboxylic acids is 2. The van der Waals surface area contributed by atoms with E-state index < -0.39 is 11.9 Å². The van der Waals surface area contributed by atoms with E-state index in [0.717, 1.165) is 37.7 Å².